The predicted molar refractivity (Wildman–Crippen MR) is 54.0 cm³/mol. The lowest BCUT2D eigenvalue weighted by molar-refractivity contribution is 0.0303. The molecule has 1 aliphatic rings. The molecule has 4 nitrogen and oxygen atoms in total. The van der Waals surface area contributed by atoms with Crippen LogP contribution in [0.15, 0.2) is 5.38 Å². The van der Waals surface area contributed by atoms with E-state index in [0.717, 1.165) is 23.7 Å². The maximum Gasteiger partial charge on any atom is 0.107 e. The van der Waals surface area contributed by atoms with Crippen LogP contribution in [0.1, 0.15) is 17.1 Å². The number of ether oxygens (including phenoxy) is 2. The van der Waals surface area contributed by atoms with Crippen LogP contribution >= 0.6 is 11.3 Å². The molecule has 0 spiro atoms. The molecule has 0 bridgehead atoms. The van der Waals surface area contributed by atoms with Crippen LogP contribution in [0.4, 0.5) is 0 Å². The molecule has 1 atom stereocenters. The number of hydrogen-bond donors (Lipinski definition) is 1. The summed E-state index contributed by atoms with van der Waals surface area (Å²) < 4.78 is 10.8. The van der Waals surface area contributed by atoms with Gasteiger partial charge in [-0.3, -0.25) is 0 Å². The monoisotopic (exact) mass is 214 g/mol. The third-order valence-electron chi connectivity index (χ3n) is 2.13. The molecule has 1 aromatic rings. The molecule has 0 aromatic carbocycles. The van der Waals surface area contributed by atoms with Crippen LogP contribution in [-0.4, -0.2) is 24.3 Å². The minimum atomic E-state index is 0.248. The molecule has 1 saturated heterocycles. The van der Waals surface area contributed by atoms with Gasteiger partial charge in [-0.05, 0) is 6.42 Å². The Balaban J connectivity index is 1.79. The van der Waals surface area contributed by atoms with Crippen molar-refractivity contribution >= 4 is 11.3 Å². The van der Waals surface area contributed by atoms with E-state index in [1.807, 2.05) is 5.38 Å². The van der Waals surface area contributed by atoms with Gasteiger partial charge in [-0.15, -0.1) is 11.3 Å². The van der Waals surface area contributed by atoms with Crippen LogP contribution in [0.25, 0.3) is 0 Å². The van der Waals surface area contributed by atoms with Gasteiger partial charge in [0.05, 0.1) is 25.0 Å². The molecule has 0 saturated carbocycles. The van der Waals surface area contributed by atoms with E-state index in [9.17, 15) is 0 Å². The van der Waals surface area contributed by atoms with Crippen molar-refractivity contribution in [2.24, 2.45) is 5.73 Å². The number of nitrogens with zero attached hydrogens (tertiary/aromatic N) is 1. The van der Waals surface area contributed by atoms with Gasteiger partial charge in [-0.25, -0.2) is 4.98 Å². The minimum absolute atomic E-state index is 0.248. The zero-order valence-electron chi connectivity index (χ0n) is 7.94. The third kappa shape index (κ3) is 2.51. The second-order valence-electron chi connectivity index (χ2n) is 3.23. The highest BCUT2D eigenvalue weighted by Gasteiger charge is 2.16. The summed E-state index contributed by atoms with van der Waals surface area (Å²) in [5.41, 5.74) is 6.44. The largest absolute Gasteiger partial charge is 0.379 e. The molecular weight excluding hydrogens is 200 g/mol. The van der Waals surface area contributed by atoms with Gasteiger partial charge in [0.25, 0.3) is 0 Å². The van der Waals surface area contributed by atoms with Gasteiger partial charge < -0.3 is 15.2 Å². The first-order valence-corrected chi connectivity index (χ1v) is 5.59. The molecule has 0 aliphatic carbocycles. The van der Waals surface area contributed by atoms with Gasteiger partial charge in [0.1, 0.15) is 5.01 Å². The molecule has 1 unspecified atom stereocenters. The summed E-state index contributed by atoms with van der Waals surface area (Å²) in [6.45, 7) is 2.62. The molecule has 0 radical (unpaired) electrons. The Morgan fingerprint density at radius 3 is 3.29 bits per heavy atom. The van der Waals surface area contributed by atoms with E-state index in [4.69, 9.17) is 15.2 Å². The highest BCUT2D eigenvalue weighted by Crippen LogP contribution is 2.13. The summed E-state index contributed by atoms with van der Waals surface area (Å²) >= 11 is 1.58. The highest BCUT2D eigenvalue weighted by molar-refractivity contribution is 7.09. The molecule has 1 aliphatic heterocycles. The van der Waals surface area contributed by atoms with Gasteiger partial charge in [-0.1, -0.05) is 0 Å². The summed E-state index contributed by atoms with van der Waals surface area (Å²) in [5.74, 6) is 0. The Hall–Kier alpha value is -0.490. The van der Waals surface area contributed by atoms with Crippen LogP contribution in [0.2, 0.25) is 0 Å². The lowest BCUT2D eigenvalue weighted by Crippen LogP contribution is -2.12. The summed E-state index contributed by atoms with van der Waals surface area (Å²) in [6.07, 6.45) is 1.24. The zero-order chi connectivity index (χ0) is 9.80. The zero-order valence-corrected chi connectivity index (χ0v) is 8.76. The molecule has 2 rings (SSSR count). The third-order valence-corrected chi connectivity index (χ3v) is 3.05. The topological polar surface area (TPSA) is 57.4 Å². The first-order valence-electron chi connectivity index (χ1n) is 4.71. The van der Waals surface area contributed by atoms with E-state index < -0.39 is 0 Å². The van der Waals surface area contributed by atoms with E-state index in [1.54, 1.807) is 11.3 Å². The Bertz CT molecular complexity index is 284. The van der Waals surface area contributed by atoms with Crippen molar-refractivity contribution in [2.75, 3.05) is 13.2 Å². The van der Waals surface area contributed by atoms with Crippen molar-refractivity contribution in [3.63, 3.8) is 0 Å². The van der Waals surface area contributed by atoms with Gasteiger partial charge >= 0.3 is 0 Å². The highest BCUT2D eigenvalue weighted by atomic mass is 32.1. The molecule has 2 heterocycles. The average molecular weight is 214 g/mol. The first kappa shape index (κ1) is 10.0. The van der Waals surface area contributed by atoms with E-state index >= 15 is 0 Å². The smallest absolute Gasteiger partial charge is 0.107 e. The molecule has 1 aromatic heterocycles. The second-order valence-corrected chi connectivity index (χ2v) is 4.18. The number of nitrogens with two attached hydrogens (primary N) is 1. The SMILES string of the molecule is NCc1nc(COC2CCOC2)cs1. The van der Waals surface area contributed by atoms with Crippen LogP contribution in [0.3, 0.4) is 0 Å². The van der Waals surface area contributed by atoms with Crippen LogP contribution in [-0.2, 0) is 22.6 Å². The second kappa shape index (κ2) is 4.84. The molecule has 5 heteroatoms. The molecular formula is C9H14N2O2S. The van der Waals surface area contributed by atoms with Gasteiger partial charge in [-0.2, -0.15) is 0 Å². The Morgan fingerprint density at radius 2 is 2.64 bits per heavy atom. The summed E-state index contributed by atoms with van der Waals surface area (Å²) in [6, 6.07) is 0. The molecule has 14 heavy (non-hydrogen) atoms. The van der Waals surface area contributed by atoms with Crippen LogP contribution in [0.5, 0.6) is 0 Å². The van der Waals surface area contributed by atoms with Crippen molar-refractivity contribution in [1.29, 1.82) is 0 Å². The van der Waals surface area contributed by atoms with Crippen molar-refractivity contribution < 1.29 is 9.47 Å². The molecule has 0 amide bonds. The van der Waals surface area contributed by atoms with Crippen molar-refractivity contribution in [3.05, 3.63) is 16.1 Å². The number of hydrogen-bond acceptors (Lipinski definition) is 5. The fraction of sp³-hybridized carbons (Fsp3) is 0.667. The standard InChI is InChI=1S/C9H14N2O2S/c10-3-9-11-7(6-14-9)4-13-8-1-2-12-5-8/h6,8H,1-5,10H2. The average Bonchev–Trinajstić information content (AvgIpc) is 2.86. The fourth-order valence-electron chi connectivity index (χ4n) is 1.36. The number of aromatic nitrogens is 1. The van der Waals surface area contributed by atoms with E-state index in [2.05, 4.69) is 4.98 Å². The summed E-state index contributed by atoms with van der Waals surface area (Å²) in [5, 5.41) is 2.96. The molecule has 78 valence electrons. The normalized spacial score (nSPS) is 21.6. The van der Waals surface area contributed by atoms with Crippen LogP contribution in [0, 0.1) is 0 Å². The van der Waals surface area contributed by atoms with Crippen LogP contribution < -0.4 is 5.73 Å². The van der Waals surface area contributed by atoms with Gasteiger partial charge in [0.2, 0.25) is 0 Å². The van der Waals surface area contributed by atoms with E-state index in [-0.39, 0.29) is 6.10 Å². The Labute approximate surface area is 87.0 Å². The lowest BCUT2D eigenvalue weighted by Gasteiger charge is -2.07. The van der Waals surface area contributed by atoms with Crippen molar-refractivity contribution in [3.8, 4) is 0 Å². The molecule has 1 fully saturated rings. The quantitative estimate of drug-likeness (QED) is 0.809. The summed E-state index contributed by atoms with van der Waals surface area (Å²) in [7, 11) is 0. The van der Waals surface area contributed by atoms with Gasteiger partial charge in [0.15, 0.2) is 0 Å². The molecule has 2 N–H and O–H groups in total. The number of thiazole rings is 1. The van der Waals surface area contributed by atoms with Crippen molar-refractivity contribution in [1.82, 2.24) is 4.98 Å². The minimum Gasteiger partial charge on any atom is -0.379 e. The lowest BCUT2D eigenvalue weighted by atomic mass is 10.3. The Morgan fingerprint density at radius 1 is 1.71 bits per heavy atom. The maximum absolute atomic E-state index is 5.63. The first-order chi connectivity index (χ1) is 6.88. The van der Waals surface area contributed by atoms with Crippen molar-refractivity contribution in [2.45, 2.75) is 25.7 Å². The van der Waals surface area contributed by atoms with E-state index in [1.165, 1.54) is 0 Å². The van der Waals surface area contributed by atoms with Gasteiger partial charge in [0, 0.05) is 18.5 Å². The Kier molecular flexibility index (Phi) is 3.47. The number of rotatable bonds is 4. The summed E-state index contributed by atoms with van der Waals surface area (Å²) in [4.78, 5) is 4.32. The predicted octanol–water partition coefficient (Wildman–Crippen LogP) is 0.907. The van der Waals surface area contributed by atoms with E-state index in [0.29, 0.717) is 19.8 Å². The maximum atomic E-state index is 5.63. The fourth-order valence-corrected chi connectivity index (χ4v) is 2.02.